The molecule has 0 saturated carbocycles. The zero-order chi connectivity index (χ0) is 13.3. The first-order valence-electron chi connectivity index (χ1n) is 5.37. The normalized spacial score (nSPS) is 12.8. The minimum atomic E-state index is -3.25. The summed E-state index contributed by atoms with van der Waals surface area (Å²) in [5.74, 6) is -0.492. The van der Waals surface area contributed by atoms with E-state index in [1.807, 2.05) is 0 Å². The molecule has 3 nitrogen and oxygen atoms in total. The van der Waals surface area contributed by atoms with Crippen LogP contribution in [0, 0.1) is 5.82 Å². The van der Waals surface area contributed by atoms with Gasteiger partial charge in [-0.15, -0.1) is 0 Å². The molecule has 0 bridgehead atoms. The molecular weight excluding hydrogens is 241 g/mol. The van der Waals surface area contributed by atoms with Gasteiger partial charge in [-0.3, -0.25) is 0 Å². The van der Waals surface area contributed by atoms with Crippen molar-refractivity contribution in [2.45, 2.75) is 37.8 Å². The van der Waals surface area contributed by atoms with Gasteiger partial charge in [-0.1, -0.05) is 12.1 Å². The number of hydrogen-bond acceptors (Lipinski definition) is 3. The molecule has 0 heterocycles. The summed E-state index contributed by atoms with van der Waals surface area (Å²) in [6.45, 7) is 5.01. The fourth-order valence-corrected chi connectivity index (χ4v) is 2.36. The minimum absolute atomic E-state index is 0.0647. The Morgan fingerprint density at radius 3 is 2.35 bits per heavy atom. The summed E-state index contributed by atoms with van der Waals surface area (Å²) in [6.07, 6.45) is 0. The van der Waals surface area contributed by atoms with Crippen LogP contribution in [0.4, 0.5) is 4.39 Å². The van der Waals surface area contributed by atoms with E-state index in [9.17, 15) is 12.8 Å². The van der Waals surface area contributed by atoms with Crippen molar-refractivity contribution in [3.05, 3.63) is 35.1 Å². The van der Waals surface area contributed by atoms with Gasteiger partial charge in [0.05, 0.1) is 10.5 Å². The van der Waals surface area contributed by atoms with Gasteiger partial charge in [0.2, 0.25) is 0 Å². The Morgan fingerprint density at radius 2 is 1.88 bits per heavy atom. The van der Waals surface area contributed by atoms with Crippen molar-refractivity contribution in [2.24, 2.45) is 5.73 Å². The van der Waals surface area contributed by atoms with Gasteiger partial charge in [-0.05, 0) is 32.4 Å². The van der Waals surface area contributed by atoms with Crippen LogP contribution in [0.5, 0.6) is 0 Å². The van der Waals surface area contributed by atoms with Gasteiger partial charge in [0, 0.05) is 12.1 Å². The first kappa shape index (κ1) is 14.1. The van der Waals surface area contributed by atoms with Crippen LogP contribution in [0.3, 0.4) is 0 Å². The fourth-order valence-electron chi connectivity index (χ4n) is 1.31. The van der Waals surface area contributed by atoms with Crippen LogP contribution in [-0.4, -0.2) is 13.2 Å². The highest BCUT2D eigenvalue weighted by Crippen LogP contribution is 2.21. The molecule has 0 aliphatic heterocycles. The fraction of sp³-hybridized carbons (Fsp3) is 0.500. The number of halogens is 1. The van der Waals surface area contributed by atoms with Crippen LogP contribution in [-0.2, 0) is 22.1 Å². The van der Waals surface area contributed by atoms with E-state index >= 15 is 0 Å². The Bertz CT molecular complexity index is 504. The van der Waals surface area contributed by atoms with Gasteiger partial charge < -0.3 is 5.73 Å². The van der Waals surface area contributed by atoms with Gasteiger partial charge in [0.15, 0.2) is 9.84 Å². The van der Waals surface area contributed by atoms with Crippen molar-refractivity contribution in [1.29, 1.82) is 0 Å². The minimum Gasteiger partial charge on any atom is -0.326 e. The van der Waals surface area contributed by atoms with E-state index < -0.39 is 20.4 Å². The van der Waals surface area contributed by atoms with E-state index in [0.29, 0.717) is 11.1 Å². The molecule has 1 aromatic carbocycles. The second-order valence-corrected chi connectivity index (χ2v) is 7.74. The third-order valence-corrected chi connectivity index (χ3v) is 5.20. The third kappa shape index (κ3) is 3.26. The summed E-state index contributed by atoms with van der Waals surface area (Å²) >= 11 is 0. The van der Waals surface area contributed by atoms with Crippen molar-refractivity contribution in [2.75, 3.05) is 0 Å². The van der Waals surface area contributed by atoms with E-state index in [1.54, 1.807) is 20.8 Å². The Morgan fingerprint density at radius 1 is 1.29 bits per heavy atom. The predicted octanol–water partition coefficient (Wildman–Crippen LogP) is 2.00. The Balaban J connectivity index is 3.05. The van der Waals surface area contributed by atoms with Crippen LogP contribution in [0.15, 0.2) is 18.2 Å². The summed E-state index contributed by atoms with van der Waals surface area (Å²) in [5.41, 5.74) is 6.29. The predicted molar refractivity (Wildman–Crippen MR) is 66.7 cm³/mol. The number of benzene rings is 1. The number of nitrogens with two attached hydrogens (primary N) is 1. The molecule has 0 radical (unpaired) electrons. The number of rotatable bonds is 3. The number of sulfone groups is 1. The highest BCUT2D eigenvalue weighted by atomic mass is 32.2. The van der Waals surface area contributed by atoms with Gasteiger partial charge in [-0.2, -0.15) is 0 Å². The zero-order valence-electron chi connectivity index (χ0n) is 10.3. The van der Waals surface area contributed by atoms with Gasteiger partial charge in [0.1, 0.15) is 5.82 Å². The molecule has 1 rings (SSSR count). The molecule has 17 heavy (non-hydrogen) atoms. The molecule has 96 valence electrons. The van der Waals surface area contributed by atoms with Gasteiger partial charge in [-0.25, -0.2) is 12.8 Å². The highest BCUT2D eigenvalue weighted by molar-refractivity contribution is 7.91. The number of hydrogen-bond donors (Lipinski definition) is 1. The van der Waals surface area contributed by atoms with Crippen molar-refractivity contribution < 1.29 is 12.8 Å². The summed E-state index contributed by atoms with van der Waals surface area (Å²) in [5, 5.41) is 0. The maximum Gasteiger partial charge on any atom is 0.159 e. The monoisotopic (exact) mass is 259 g/mol. The molecular formula is C12H18FNO2S. The average Bonchev–Trinajstić information content (AvgIpc) is 2.19. The topological polar surface area (TPSA) is 60.2 Å². The zero-order valence-corrected chi connectivity index (χ0v) is 11.1. The molecule has 2 N–H and O–H groups in total. The van der Waals surface area contributed by atoms with Gasteiger partial charge in [0.25, 0.3) is 0 Å². The second-order valence-electron chi connectivity index (χ2n) is 5.00. The van der Waals surface area contributed by atoms with Crippen molar-refractivity contribution in [3.63, 3.8) is 0 Å². The lowest BCUT2D eigenvalue weighted by molar-refractivity contribution is 0.559. The smallest absolute Gasteiger partial charge is 0.159 e. The maximum absolute atomic E-state index is 13.2. The Kier molecular flexibility index (Phi) is 3.94. The molecule has 0 aromatic heterocycles. The van der Waals surface area contributed by atoms with Crippen LogP contribution in [0.2, 0.25) is 0 Å². The highest BCUT2D eigenvalue weighted by Gasteiger charge is 2.29. The molecule has 0 aliphatic rings. The van der Waals surface area contributed by atoms with Gasteiger partial charge >= 0.3 is 0 Å². The van der Waals surface area contributed by atoms with Crippen molar-refractivity contribution in [3.8, 4) is 0 Å². The summed E-state index contributed by atoms with van der Waals surface area (Å²) in [4.78, 5) is 0. The molecule has 0 spiro atoms. The maximum atomic E-state index is 13.2. The Hall–Kier alpha value is -0.940. The molecule has 0 atom stereocenters. The lowest BCUT2D eigenvalue weighted by Gasteiger charge is -2.19. The first-order valence-corrected chi connectivity index (χ1v) is 7.02. The van der Waals surface area contributed by atoms with Crippen LogP contribution in [0.25, 0.3) is 0 Å². The van der Waals surface area contributed by atoms with Crippen molar-refractivity contribution in [1.82, 2.24) is 0 Å². The molecule has 0 amide bonds. The second kappa shape index (κ2) is 4.74. The lowest BCUT2D eigenvalue weighted by atomic mass is 10.1. The lowest BCUT2D eigenvalue weighted by Crippen LogP contribution is -2.29. The average molecular weight is 259 g/mol. The molecule has 1 aromatic rings. The SMILES string of the molecule is CC(C)(C)S(=O)(=O)Cc1ccc(F)c(CN)c1. The molecule has 0 saturated heterocycles. The first-order chi connectivity index (χ1) is 7.67. The van der Waals surface area contributed by atoms with E-state index in [4.69, 9.17) is 5.73 Å². The molecule has 0 unspecified atom stereocenters. The van der Waals surface area contributed by atoms with Crippen molar-refractivity contribution >= 4 is 9.84 Å². The van der Waals surface area contributed by atoms with Crippen LogP contribution < -0.4 is 5.73 Å². The van der Waals surface area contributed by atoms with E-state index in [1.165, 1.54) is 18.2 Å². The summed E-state index contributed by atoms with van der Waals surface area (Å²) in [6, 6.07) is 4.26. The quantitative estimate of drug-likeness (QED) is 0.903. The van der Waals surface area contributed by atoms with Crippen LogP contribution in [0.1, 0.15) is 31.9 Å². The third-order valence-electron chi connectivity index (χ3n) is 2.62. The molecule has 0 aliphatic carbocycles. The van der Waals surface area contributed by atoms with E-state index in [2.05, 4.69) is 0 Å². The Labute approximate surface area is 102 Å². The van der Waals surface area contributed by atoms with Crippen LogP contribution >= 0.6 is 0 Å². The standard InChI is InChI=1S/C12H18FNO2S/c1-12(2,3)17(15,16)8-9-4-5-11(13)10(6-9)7-14/h4-6H,7-8,14H2,1-3H3. The molecule has 5 heteroatoms. The molecule has 0 fully saturated rings. The largest absolute Gasteiger partial charge is 0.326 e. The van der Waals surface area contributed by atoms with E-state index in [-0.39, 0.29) is 12.3 Å². The van der Waals surface area contributed by atoms with E-state index in [0.717, 1.165) is 0 Å². The summed E-state index contributed by atoms with van der Waals surface area (Å²) in [7, 11) is -3.25. The summed E-state index contributed by atoms with van der Waals surface area (Å²) < 4.78 is 36.4.